The van der Waals surface area contributed by atoms with E-state index in [1.54, 1.807) is 16.8 Å². The maximum absolute atomic E-state index is 10.7. The van der Waals surface area contributed by atoms with Gasteiger partial charge in [-0.2, -0.15) is 5.10 Å². The third-order valence-electron chi connectivity index (χ3n) is 2.22. The minimum absolute atomic E-state index is 0.369. The normalized spacial score (nSPS) is 12.9. The van der Waals surface area contributed by atoms with Crippen LogP contribution in [0.2, 0.25) is 0 Å². The topological polar surface area (TPSA) is 80.6 Å². The van der Waals surface area contributed by atoms with E-state index >= 15 is 0 Å². The van der Waals surface area contributed by atoms with Gasteiger partial charge < -0.3 is 10.8 Å². The van der Waals surface area contributed by atoms with Crippen molar-refractivity contribution in [3.05, 3.63) is 35.7 Å². The Morgan fingerprint density at radius 2 is 2.33 bits per heavy atom. The number of hydrogen-bond acceptors (Lipinski definition) is 3. The fourth-order valence-corrected chi connectivity index (χ4v) is 1.40. The Morgan fingerprint density at radius 1 is 1.60 bits per heavy atom. The molecule has 1 atom stereocenters. The summed E-state index contributed by atoms with van der Waals surface area (Å²) in [6.45, 7) is 1.96. The van der Waals surface area contributed by atoms with Crippen LogP contribution >= 0.6 is 0 Å². The molecule has 0 bridgehead atoms. The molecule has 2 aromatic heterocycles. The number of nitrogens with two attached hydrogens (primary N) is 1. The van der Waals surface area contributed by atoms with Gasteiger partial charge in [0.25, 0.3) is 0 Å². The fraction of sp³-hybridized carbons (Fsp3) is 0.200. The fourth-order valence-electron chi connectivity index (χ4n) is 1.40. The molecule has 1 unspecified atom stereocenters. The van der Waals surface area contributed by atoms with E-state index in [0.29, 0.717) is 5.69 Å². The second-order valence-corrected chi connectivity index (χ2v) is 3.46. The largest absolute Gasteiger partial charge is 0.480 e. The minimum atomic E-state index is -1.07. The lowest BCUT2D eigenvalue weighted by molar-refractivity contribution is -0.138. The van der Waals surface area contributed by atoms with Crippen LogP contribution in [0.1, 0.15) is 17.3 Å². The number of carboxylic acids is 1. The third-order valence-corrected chi connectivity index (χ3v) is 2.22. The molecule has 2 heterocycles. The van der Waals surface area contributed by atoms with Crippen molar-refractivity contribution in [2.24, 2.45) is 5.73 Å². The van der Waals surface area contributed by atoms with E-state index in [4.69, 9.17) is 10.8 Å². The summed E-state index contributed by atoms with van der Waals surface area (Å²) in [5.41, 5.74) is 7.78. The smallest absolute Gasteiger partial charge is 0.326 e. The summed E-state index contributed by atoms with van der Waals surface area (Å²) >= 11 is 0. The molecule has 0 aliphatic carbocycles. The molecule has 5 nitrogen and oxygen atoms in total. The maximum atomic E-state index is 10.7. The lowest BCUT2D eigenvalue weighted by Gasteiger charge is -1.99. The predicted molar refractivity (Wildman–Crippen MR) is 54.5 cm³/mol. The van der Waals surface area contributed by atoms with Gasteiger partial charge in [0.2, 0.25) is 0 Å². The zero-order valence-electron chi connectivity index (χ0n) is 8.21. The molecule has 0 fully saturated rings. The molecule has 0 radical (unpaired) electrons. The Labute approximate surface area is 86.1 Å². The number of aliphatic carboxylic acids is 1. The van der Waals surface area contributed by atoms with Gasteiger partial charge in [-0.15, -0.1) is 0 Å². The molecule has 0 aliphatic rings. The number of rotatable bonds is 2. The minimum Gasteiger partial charge on any atom is -0.480 e. The average Bonchev–Trinajstić information content (AvgIpc) is 2.58. The Balaban J connectivity index is 2.51. The van der Waals surface area contributed by atoms with Crippen LogP contribution in [0.3, 0.4) is 0 Å². The van der Waals surface area contributed by atoms with Crippen molar-refractivity contribution in [3.8, 4) is 0 Å². The highest BCUT2D eigenvalue weighted by Gasteiger charge is 2.17. The van der Waals surface area contributed by atoms with Crippen LogP contribution in [0.25, 0.3) is 5.52 Å². The Kier molecular flexibility index (Phi) is 2.17. The molecule has 5 heteroatoms. The molecule has 0 amide bonds. The molecule has 2 rings (SSSR count). The van der Waals surface area contributed by atoms with Gasteiger partial charge in [0, 0.05) is 6.20 Å². The monoisotopic (exact) mass is 205 g/mol. The summed E-state index contributed by atoms with van der Waals surface area (Å²) in [5.74, 6) is -1.07. The van der Waals surface area contributed by atoms with Gasteiger partial charge in [-0.25, -0.2) is 4.52 Å². The second-order valence-electron chi connectivity index (χ2n) is 3.46. The molecule has 15 heavy (non-hydrogen) atoms. The highest BCUT2D eigenvalue weighted by atomic mass is 16.4. The highest BCUT2D eigenvalue weighted by Crippen LogP contribution is 2.13. The predicted octanol–water partition coefficient (Wildman–Crippen LogP) is 0.727. The van der Waals surface area contributed by atoms with Crippen LogP contribution in [-0.4, -0.2) is 20.7 Å². The van der Waals surface area contributed by atoms with E-state index in [1.165, 1.54) is 0 Å². The van der Waals surface area contributed by atoms with E-state index in [2.05, 4.69) is 5.10 Å². The average molecular weight is 205 g/mol. The second kappa shape index (κ2) is 3.36. The van der Waals surface area contributed by atoms with Crippen LogP contribution in [0.15, 0.2) is 24.4 Å². The number of aryl methyl sites for hydroxylation is 1. The number of hydrogen-bond donors (Lipinski definition) is 2. The van der Waals surface area contributed by atoms with Crippen molar-refractivity contribution >= 4 is 11.5 Å². The molecule has 0 aromatic carbocycles. The van der Waals surface area contributed by atoms with E-state index in [-0.39, 0.29) is 0 Å². The van der Waals surface area contributed by atoms with Crippen LogP contribution < -0.4 is 5.73 Å². The summed E-state index contributed by atoms with van der Waals surface area (Å²) in [6.07, 6.45) is 1.78. The van der Waals surface area contributed by atoms with Gasteiger partial charge in [-0.1, -0.05) is 0 Å². The lowest BCUT2D eigenvalue weighted by Crippen LogP contribution is -2.21. The van der Waals surface area contributed by atoms with Gasteiger partial charge >= 0.3 is 5.97 Å². The molecular formula is C10H11N3O2. The summed E-state index contributed by atoms with van der Waals surface area (Å²) < 4.78 is 1.62. The van der Waals surface area contributed by atoms with Gasteiger partial charge in [0.05, 0.1) is 11.2 Å². The van der Waals surface area contributed by atoms with Crippen molar-refractivity contribution in [1.29, 1.82) is 0 Å². The van der Waals surface area contributed by atoms with Crippen molar-refractivity contribution < 1.29 is 9.90 Å². The van der Waals surface area contributed by atoms with E-state index in [0.717, 1.165) is 11.1 Å². The first kappa shape index (κ1) is 9.67. The number of carbonyl (C=O) groups is 1. The van der Waals surface area contributed by atoms with E-state index in [1.807, 2.05) is 19.1 Å². The molecule has 0 aliphatic heterocycles. The van der Waals surface area contributed by atoms with E-state index in [9.17, 15) is 4.79 Å². The number of fused-ring (bicyclic) bond motifs is 1. The molecule has 0 spiro atoms. The number of nitrogens with zero attached hydrogens (tertiary/aromatic N) is 2. The first-order valence-corrected chi connectivity index (χ1v) is 4.52. The Hall–Kier alpha value is -1.88. The zero-order valence-corrected chi connectivity index (χ0v) is 8.21. The summed E-state index contributed by atoms with van der Waals surface area (Å²) in [6, 6.07) is 4.44. The Morgan fingerprint density at radius 3 is 3.00 bits per heavy atom. The van der Waals surface area contributed by atoms with Gasteiger partial charge in [-0.3, -0.25) is 4.79 Å². The SMILES string of the molecule is Cc1ccn2nc(C(N)C(=O)O)cc2c1. The number of carboxylic acid groups (broad SMARTS) is 1. The molecule has 0 saturated heterocycles. The highest BCUT2D eigenvalue weighted by molar-refractivity contribution is 5.75. The van der Waals surface area contributed by atoms with Gasteiger partial charge in [0.15, 0.2) is 0 Å². The van der Waals surface area contributed by atoms with E-state index < -0.39 is 12.0 Å². The molecular weight excluding hydrogens is 194 g/mol. The molecule has 3 N–H and O–H groups in total. The van der Waals surface area contributed by atoms with Crippen LogP contribution in [0.4, 0.5) is 0 Å². The zero-order chi connectivity index (χ0) is 11.0. The standard InChI is InChI=1S/C10H11N3O2/c1-6-2-3-13-7(4-6)5-8(12-13)9(11)10(14)15/h2-5,9H,11H2,1H3,(H,14,15). The lowest BCUT2D eigenvalue weighted by atomic mass is 10.2. The van der Waals surface area contributed by atoms with Crippen molar-refractivity contribution in [2.45, 2.75) is 13.0 Å². The Bertz CT molecular complexity index is 518. The molecule has 78 valence electrons. The number of pyridine rings is 1. The van der Waals surface area contributed by atoms with Gasteiger partial charge in [0.1, 0.15) is 6.04 Å². The third kappa shape index (κ3) is 1.69. The van der Waals surface area contributed by atoms with Crippen LogP contribution in [-0.2, 0) is 4.79 Å². The maximum Gasteiger partial charge on any atom is 0.326 e. The summed E-state index contributed by atoms with van der Waals surface area (Å²) in [4.78, 5) is 10.7. The van der Waals surface area contributed by atoms with Crippen molar-refractivity contribution in [2.75, 3.05) is 0 Å². The summed E-state index contributed by atoms with van der Waals surface area (Å²) in [7, 11) is 0. The molecule has 2 aromatic rings. The molecule has 0 saturated carbocycles. The van der Waals surface area contributed by atoms with Crippen LogP contribution in [0, 0.1) is 6.92 Å². The number of aromatic nitrogens is 2. The first-order valence-electron chi connectivity index (χ1n) is 4.52. The quantitative estimate of drug-likeness (QED) is 0.757. The summed E-state index contributed by atoms with van der Waals surface area (Å²) in [5, 5.41) is 12.8. The van der Waals surface area contributed by atoms with Crippen molar-refractivity contribution in [1.82, 2.24) is 9.61 Å². The van der Waals surface area contributed by atoms with Crippen LogP contribution in [0.5, 0.6) is 0 Å². The first-order chi connectivity index (χ1) is 7.08. The van der Waals surface area contributed by atoms with Crippen molar-refractivity contribution in [3.63, 3.8) is 0 Å². The van der Waals surface area contributed by atoms with Gasteiger partial charge in [-0.05, 0) is 30.7 Å².